The molecule has 0 fully saturated rings. The van der Waals surface area contributed by atoms with Crippen LogP contribution in [0.15, 0.2) is 35.1 Å². The van der Waals surface area contributed by atoms with Gasteiger partial charge in [0.15, 0.2) is 5.69 Å². The number of amides is 1. The molecular weight excluding hydrogens is 353 g/mol. The highest BCUT2D eigenvalue weighted by Crippen LogP contribution is 2.16. The number of nitrogens with zero attached hydrogens (tertiary/aromatic N) is 2. The molecule has 2 aromatic rings. The fraction of sp³-hybridized carbons (Fsp3) is 0.368. The van der Waals surface area contributed by atoms with Gasteiger partial charge in [-0.15, -0.1) is 0 Å². The SMILES string of the molecule is CCCC(C)(NC(=O)c1nn(-c2ccccc2F)c(C)cc1=O)C(=O)OC. The Morgan fingerprint density at radius 1 is 1.33 bits per heavy atom. The Morgan fingerprint density at radius 2 is 2.00 bits per heavy atom. The average molecular weight is 375 g/mol. The van der Waals surface area contributed by atoms with Gasteiger partial charge in [0, 0.05) is 11.8 Å². The predicted molar refractivity (Wildman–Crippen MR) is 97.3 cm³/mol. The summed E-state index contributed by atoms with van der Waals surface area (Å²) < 4.78 is 20.0. The molecule has 1 amide bonds. The first kappa shape index (κ1) is 20.3. The van der Waals surface area contributed by atoms with Gasteiger partial charge in [0.1, 0.15) is 17.0 Å². The van der Waals surface area contributed by atoms with Crippen LogP contribution in [0.5, 0.6) is 0 Å². The summed E-state index contributed by atoms with van der Waals surface area (Å²) in [6.07, 6.45) is 0.922. The zero-order valence-corrected chi connectivity index (χ0v) is 15.7. The maximum atomic E-state index is 14.1. The molecule has 0 aliphatic carbocycles. The number of carbonyl (C=O) groups excluding carboxylic acids is 2. The van der Waals surface area contributed by atoms with Crippen LogP contribution in [0, 0.1) is 12.7 Å². The third kappa shape index (κ3) is 4.21. The van der Waals surface area contributed by atoms with Crippen LogP contribution in [-0.4, -0.2) is 34.3 Å². The van der Waals surface area contributed by atoms with E-state index in [1.807, 2.05) is 6.92 Å². The largest absolute Gasteiger partial charge is 0.467 e. The molecule has 144 valence electrons. The fourth-order valence-corrected chi connectivity index (χ4v) is 2.82. The lowest BCUT2D eigenvalue weighted by molar-refractivity contribution is -0.147. The Balaban J connectivity index is 2.48. The van der Waals surface area contributed by atoms with Gasteiger partial charge in [0.05, 0.1) is 7.11 Å². The normalized spacial score (nSPS) is 12.9. The van der Waals surface area contributed by atoms with Gasteiger partial charge in [0.2, 0.25) is 5.43 Å². The second kappa shape index (κ2) is 8.11. The molecule has 0 spiro atoms. The Kier molecular flexibility index (Phi) is 6.09. The van der Waals surface area contributed by atoms with Gasteiger partial charge in [-0.2, -0.15) is 5.10 Å². The lowest BCUT2D eigenvalue weighted by Crippen LogP contribution is -2.53. The van der Waals surface area contributed by atoms with Gasteiger partial charge in [-0.1, -0.05) is 25.5 Å². The summed E-state index contributed by atoms with van der Waals surface area (Å²) in [6.45, 7) is 4.95. The van der Waals surface area contributed by atoms with Crippen molar-refractivity contribution in [2.45, 2.75) is 39.2 Å². The number of hydrogen-bond donors (Lipinski definition) is 1. The molecule has 0 saturated carbocycles. The molecule has 2 rings (SSSR count). The second-order valence-corrected chi connectivity index (χ2v) is 6.39. The van der Waals surface area contributed by atoms with Gasteiger partial charge >= 0.3 is 5.97 Å². The first-order valence-electron chi connectivity index (χ1n) is 8.50. The van der Waals surface area contributed by atoms with E-state index in [1.54, 1.807) is 13.0 Å². The van der Waals surface area contributed by atoms with Crippen LogP contribution in [-0.2, 0) is 9.53 Å². The van der Waals surface area contributed by atoms with Crippen molar-refractivity contribution >= 4 is 11.9 Å². The Labute approximate surface area is 156 Å². The number of methoxy groups -OCH3 is 1. The van der Waals surface area contributed by atoms with Crippen molar-refractivity contribution in [1.29, 1.82) is 0 Å². The molecule has 1 N–H and O–H groups in total. The van der Waals surface area contributed by atoms with Crippen LogP contribution in [0.1, 0.15) is 42.9 Å². The van der Waals surface area contributed by atoms with E-state index in [9.17, 15) is 18.8 Å². The van der Waals surface area contributed by atoms with Crippen molar-refractivity contribution < 1.29 is 18.7 Å². The van der Waals surface area contributed by atoms with Crippen LogP contribution < -0.4 is 10.7 Å². The van der Waals surface area contributed by atoms with E-state index in [4.69, 9.17) is 4.74 Å². The molecule has 0 aliphatic heterocycles. The molecule has 1 aromatic carbocycles. The zero-order valence-electron chi connectivity index (χ0n) is 15.7. The van der Waals surface area contributed by atoms with Gasteiger partial charge in [0.25, 0.3) is 5.91 Å². The van der Waals surface area contributed by atoms with E-state index in [0.29, 0.717) is 18.5 Å². The molecule has 1 aromatic heterocycles. The minimum atomic E-state index is -1.30. The Hall–Kier alpha value is -3.03. The molecular formula is C19H22FN3O4. The number of nitrogens with one attached hydrogen (secondary N) is 1. The number of hydrogen-bond acceptors (Lipinski definition) is 5. The second-order valence-electron chi connectivity index (χ2n) is 6.39. The standard InChI is InChI=1S/C19H22FN3O4/c1-5-10-19(3,18(26)27-4)21-17(25)16-15(24)11-12(2)23(22-16)14-9-7-6-8-13(14)20/h6-9,11H,5,10H2,1-4H3,(H,21,25). The van der Waals surface area contributed by atoms with Crippen LogP contribution in [0.25, 0.3) is 5.69 Å². The van der Waals surface area contributed by atoms with Crippen LogP contribution in [0.2, 0.25) is 0 Å². The maximum Gasteiger partial charge on any atom is 0.331 e. The summed E-state index contributed by atoms with van der Waals surface area (Å²) >= 11 is 0. The summed E-state index contributed by atoms with van der Waals surface area (Å²) in [6, 6.07) is 7.08. The average Bonchev–Trinajstić information content (AvgIpc) is 2.62. The molecule has 1 unspecified atom stereocenters. The summed E-state index contributed by atoms with van der Waals surface area (Å²) in [7, 11) is 1.22. The topological polar surface area (TPSA) is 90.3 Å². The molecule has 8 heteroatoms. The molecule has 0 bridgehead atoms. The summed E-state index contributed by atoms with van der Waals surface area (Å²) in [5.74, 6) is -2.00. The lowest BCUT2D eigenvalue weighted by atomic mass is 9.96. The highest BCUT2D eigenvalue weighted by atomic mass is 19.1. The van der Waals surface area contributed by atoms with Crippen molar-refractivity contribution in [2.75, 3.05) is 7.11 Å². The van der Waals surface area contributed by atoms with Crippen molar-refractivity contribution in [1.82, 2.24) is 15.1 Å². The van der Waals surface area contributed by atoms with Crippen molar-refractivity contribution in [3.05, 3.63) is 57.8 Å². The monoisotopic (exact) mass is 375 g/mol. The number of aromatic nitrogens is 2. The number of benzene rings is 1. The van der Waals surface area contributed by atoms with E-state index in [1.165, 1.54) is 43.0 Å². The molecule has 1 heterocycles. The number of rotatable bonds is 6. The van der Waals surface area contributed by atoms with Crippen LogP contribution >= 0.6 is 0 Å². The summed E-state index contributed by atoms with van der Waals surface area (Å²) in [5.41, 5.74) is -1.89. The van der Waals surface area contributed by atoms with Crippen molar-refractivity contribution in [3.63, 3.8) is 0 Å². The highest BCUT2D eigenvalue weighted by Gasteiger charge is 2.36. The maximum absolute atomic E-state index is 14.1. The van der Waals surface area contributed by atoms with Gasteiger partial charge in [-0.3, -0.25) is 9.59 Å². The number of aryl methyl sites for hydroxylation is 1. The van der Waals surface area contributed by atoms with Gasteiger partial charge in [-0.25, -0.2) is 13.9 Å². The van der Waals surface area contributed by atoms with Crippen LogP contribution in [0.3, 0.4) is 0 Å². The third-order valence-corrected chi connectivity index (χ3v) is 4.18. The number of ether oxygens (including phenoxy) is 1. The van der Waals surface area contributed by atoms with E-state index < -0.39 is 34.4 Å². The smallest absolute Gasteiger partial charge is 0.331 e. The minimum absolute atomic E-state index is 0.105. The Bertz CT molecular complexity index is 925. The van der Waals surface area contributed by atoms with Crippen molar-refractivity contribution in [3.8, 4) is 5.69 Å². The quantitative estimate of drug-likeness (QED) is 0.782. The van der Waals surface area contributed by atoms with Crippen molar-refractivity contribution in [2.24, 2.45) is 0 Å². The molecule has 0 radical (unpaired) electrons. The third-order valence-electron chi connectivity index (χ3n) is 4.18. The number of para-hydroxylation sites is 1. The zero-order chi connectivity index (χ0) is 20.2. The number of halogens is 1. The molecule has 0 saturated heterocycles. The van der Waals surface area contributed by atoms with E-state index in [-0.39, 0.29) is 5.69 Å². The first-order valence-corrected chi connectivity index (χ1v) is 8.50. The van der Waals surface area contributed by atoms with Crippen LogP contribution in [0.4, 0.5) is 4.39 Å². The Morgan fingerprint density at radius 3 is 2.59 bits per heavy atom. The van der Waals surface area contributed by atoms with Gasteiger partial charge in [-0.05, 0) is 32.4 Å². The molecule has 27 heavy (non-hydrogen) atoms. The van der Waals surface area contributed by atoms with E-state index >= 15 is 0 Å². The summed E-state index contributed by atoms with van der Waals surface area (Å²) in [4.78, 5) is 37.0. The molecule has 1 atom stereocenters. The lowest BCUT2D eigenvalue weighted by Gasteiger charge is -2.27. The van der Waals surface area contributed by atoms with E-state index in [0.717, 1.165) is 0 Å². The first-order chi connectivity index (χ1) is 12.7. The minimum Gasteiger partial charge on any atom is -0.467 e. The van der Waals surface area contributed by atoms with Gasteiger partial charge < -0.3 is 10.1 Å². The summed E-state index contributed by atoms with van der Waals surface area (Å²) in [5, 5.41) is 6.56. The highest BCUT2D eigenvalue weighted by molar-refractivity contribution is 5.96. The predicted octanol–water partition coefficient (Wildman–Crippen LogP) is 2.14. The number of esters is 1. The van der Waals surface area contributed by atoms with E-state index in [2.05, 4.69) is 10.4 Å². The molecule has 7 nitrogen and oxygen atoms in total. The fourth-order valence-electron chi connectivity index (χ4n) is 2.82. The number of carbonyl (C=O) groups is 2. The molecule has 0 aliphatic rings.